The van der Waals surface area contributed by atoms with Crippen molar-refractivity contribution in [3.8, 4) is 0 Å². The topological polar surface area (TPSA) is 40.6 Å². The van der Waals surface area contributed by atoms with Gasteiger partial charge in [0.05, 0.1) is 6.04 Å². The summed E-state index contributed by atoms with van der Waals surface area (Å²) in [5.74, 6) is 0.0302. The van der Waals surface area contributed by atoms with Gasteiger partial charge in [0.1, 0.15) is 6.54 Å². The van der Waals surface area contributed by atoms with Crippen LogP contribution in [0.5, 0.6) is 0 Å². The molecule has 3 rings (SSSR count). The number of amides is 2. The average molecular weight is 411 g/mol. The van der Waals surface area contributed by atoms with Crippen LogP contribution in [0.25, 0.3) is 0 Å². The number of unbranched alkanes of at least 4 members (excludes halogenated alkanes) is 1. The molecule has 0 saturated heterocycles. The molecule has 4 nitrogen and oxygen atoms in total. The summed E-state index contributed by atoms with van der Waals surface area (Å²) in [7, 11) is 0. The Morgan fingerprint density at radius 1 is 1.28 bits per heavy atom. The molecule has 1 atom stereocenters. The van der Waals surface area contributed by atoms with Crippen molar-refractivity contribution < 1.29 is 9.59 Å². The summed E-state index contributed by atoms with van der Waals surface area (Å²) in [6.07, 6.45) is 4.85. The predicted octanol–water partition coefficient (Wildman–Crippen LogP) is 4.74. The van der Waals surface area contributed by atoms with Gasteiger partial charge < -0.3 is 9.80 Å². The third-order valence-electron chi connectivity index (χ3n) is 5.54. The Hall–Kier alpha value is -2.40. The minimum Gasteiger partial charge on any atom is -0.330 e. The number of rotatable bonds is 8. The Morgan fingerprint density at radius 3 is 2.79 bits per heavy atom. The van der Waals surface area contributed by atoms with E-state index in [1.165, 1.54) is 16.0 Å². The van der Waals surface area contributed by atoms with Crippen LogP contribution >= 0.6 is 11.3 Å². The quantitative estimate of drug-likeness (QED) is 0.590. The monoisotopic (exact) mass is 410 g/mol. The Morgan fingerprint density at radius 2 is 2.07 bits per heavy atom. The van der Waals surface area contributed by atoms with Gasteiger partial charge in [0.15, 0.2) is 0 Å². The Bertz CT molecular complexity index is 873. The average Bonchev–Trinajstić information content (AvgIpc) is 3.20. The van der Waals surface area contributed by atoms with Crippen molar-refractivity contribution in [1.29, 1.82) is 0 Å². The van der Waals surface area contributed by atoms with Gasteiger partial charge in [-0.2, -0.15) is 0 Å². The van der Waals surface area contributed by atoms with Gasteiger partial charge in [0.2, 0.25) is 11.8 Å². The number of aryl methyl sites for hydroxylation is 1. The van der Waals surface area contributed by atoms with Crippen molar-refractivity contribution in [3.63, 3.8) is 0 Å². The van der Waals surface area contributed by atoms with Gasteiger partial charge in [-0.15, -0.1) is 17.9 Å². The lowest BCUT2D eigenvalue weighted by Gasteiger charge is -2.38. The molecule has 0 fully saturated rings. The lowest BCUT2D eigenvalue weighted by atomic mass is 9.90. The molecule has 1 aromatic carbocycles. The van der Waals surface area contributed by atoms with Gasteiger partial charge in [-0.3, -0.25) is 9.59 Å². The normalized spacial score (nSPS) is 15.7. The van der Waals surface area contributed by atoms with Crippen LogP contribution in [0, 0.1) is 6.92 Å². The number of carbonyl (C=O) groups is 2. The number of carbonyl (C=O) groups excluding carboxylic acids is 2. The van der Waals surface area contributed by atoms with Crippen LogP contribution in [0.2, 0.25) is 0 Å². The number of hydrogen-bond donors (Lipinski definition) is 0. The van der Waals surface area contributed by atoms with E-state index in [1.807, 2.05) is 17.0 Å². The van der Waals surface area contributed by atoms with Crippen LogP contribution in [-0.2, 0) is 16.0 Å². The molecule has 2 heterocycles. The first-order valence-corrected chi connectivity index (χ1v) is 11.2. The van der Waals surface area contributed by atoms with E-state index in [0.29, 0.717) is 19.5 Å². The fourth-order valence-corrected chi connectivity index (χ4v) is 4.87. The van der Waals surface area contributed by atoms with E-state index in [1.54, 1.807) is 22.3 Å². The van der Waals surface area contributed by atoms with E-state index < -0.39 is 0 Å². The molecule has 1 aliphatic rings. The first-order valence-electron chi connectivity index (χ1n) is 10.4. The molecule has 0 saturated carbocycles. The third kappa shape index (κ3) is 4.78. The maximum atomic E-state index is 13.4. The number of nitrogens with zero attached hydrogens (tertiary/aromatic N) is 2. The molecule has 29 heavy (non-hydrogen) atoms. The SMILES string of the molecule is C=CCN(CC(=O)N1CCc2sccc2C1c1ccccc1C)C(=O)CCCC. The summed E-state index contributed by atoms with van der Waals surface area (Å²) in [6, 6.07) is 10.3. The molecular formula is C24H30N2O2S. The molecule has 0 spiro atoms. The van der Waals surface area contributed by atoms with Crippen molar-refractivity contribution in [2.45, 2.75) is 45.6 Å². The van der Waals surface area contributed by atoms with E-state index in [2.05, 4.69) is 44.0 Å². The summed E-state index contributed by atoms with van der Waals surface area (Å²) < 4.78 is 0. The molecule has 0 bridgehead atoms. The van der Waals surface area contributed by atoms with Gasteiger partial charge in [0.25, 0.3) is 0 Å². The molecule has 0 aliphatic carbocycles. The third-order valence-corrected chi connectivity index (χ3v) is 6.54. The van der Waals surface area contributed by atoms with Gasteiger partial charge in [-0.05, 0) is 47.9 Å². The van der Waals surface area contributed by atoms with Crippen LogP contribution in [-0.4, -0.2) is 41.2 Å². The minimum atomic E-state index is -0.0879. The Balaban J connectivity index is 1.87. The fourth-order valence-electron chi connectivity index (χ4n) is 3.96. The minimum absolute atomic E-state index is 0.00167. The van der Waals surface area contributed by atoms with Crippen molar-refractivity contribution in [1.82, 2.24) is 9.80 Å². The van der Waals surface area contributed by atoms with Gasteiger partial charge in [-0.1, -0.05) is 43.7 Å². The molecule has 2 amide bonds. The largest absolute Gasteiger partial charge is 0.330 e. The first kappa shape index (κ1) is 21.3. The molecular weight excluding hydrogens is 380 g/mol. The second-order valence-electron chi connectivity index (χ2n) is 7.56. The van der Waals surface area contributed by atoms with Crippen LogP contribution in [0.1, 0.15) is 53.8 Å². The number of thiophene rings is 1. The zero-order valence-electron chi connectivity index (χ0n) is 17.4. The van der Waals surface area contributed by atoms with E-state index in [9.17, 15) is 9.59 Å². The van der Waals surface area contributed by atoms with Crippen LogP contribution in [0.15, 0.2) is 48.4 Å². The lowest BCUT2D eigenvalue weighted by molar-refractivity contribution is -0.141. The van der Waals surface area contributed by atoms with Gasteiger partial charge in [0, 0.05) is 24.4 Å². The van der Waals surface area contributed by atoms with Crippen LogP contribution in [0.4, 0.5) is 0 Å². The van der Waals surface area contributed by atoms with Gasteiger partial charge >= 0.3 is 0 Å². The highest BCUT2D eigenvalue weighted by molar-refractivity contribution is 7.10. The second-order valence-corrected chi connectivity index (χ2v) is 8.56. The Kier molecular flexibility index (Phi) is 7.26. The van der Waals surface area contributed by atoms with E-state index in [4.69, 9.17) is 0 Å². The standard InChI is InChI=1S/C24H30N2O2S/c1-4-6-11-22(27)25(14-5-2)17-23(28)26-15-12-21-20(13-16-29-21)24(26)19-10-8-7-9-18(19)3/h5,7-10,13,16,24H,2,4,6,11-12,14-15,17H2,1,3H3. The zero-order chi connectivity index (χ0) is 20.8. The number of fused-ring (bicyclic) bond motifs is 1. The lowest BCUT2D eigenvalue weighted by Crippen LogP contribution is -2.47. The molecule has 2 aromatic rings. The molecule has 0 N–H and O–H groups in total. The van der Waals surface area contributed by atoms with Crippen molar-refractivity contribution in [2.24, 2.45) is 0 Å². The smallest absolute Gasteiger partial charge is 0.243 e. The molecule has 0 radical (unpaired) electrons. The first-order chi connectivity index (χ1) is 14.1. The maximum absolute atomic E-state index is 13.4. The fraction of sp³-hybridized carbons (Fsp3) is 0.417. The van der Waals surface area contributed by atoms with Crippen LogP contribution < -0.4 is 0 Å². The number of benzene rings is 1. The molecule has 154 valence electrons. The summed E-state index contributed by atoms with van der Waals surface area (Å²) in [5.41, 5.74) is 3.56. The highest BCUT2D eigenvalue weighted by atomic mass is 32.1. The maximum Gasteiger partial charge on any atom is 0.243 e. The summed E-state index contributed by atoms with van der Waals surface area (Å²) >= 11 is 1.76. The summed E-state index contributed by atoms with van der Waals surface area (Å²) in [5, 5.41) is 2.11. The van der Waals surface area contributed by atoms with Crippen molar-refractivity contribution >= 4 is 23.2 Å². The van der Waals surface area contributed by atoms with E-state index >= 15 is 0 Å². The second kappa shape index (κ2) is 9.88. The molecule has 1 aromatic heterocycles. The summed E-state index contributed by atoms with van der Waals surface area (Å²) in [6.45, 7) is 9.11. The van der Waals surface area contributed by atoms with E-state index in [-0.39, 0.29) is 24.4 Å². The number of hydrogen-bond acceptors (Lipinski definition) is 3. The zero-order valence-corrected chi connectivity index (χ0v) is 18.2. The van der Waals surface area contributed by atoms with E-state index in [0.717, 1.165) is 24.8 Å². The molecule has 1 unspecified atom stereocenters. The Labute approximate surface area is 177 Å². The predicted molar refractivity (Wildman–Crippen MR) is 119 cm³/mol. The van der Waals surface area contributed by atoms with Crippen molar-refractivity contribution in [3.05, 3.63) is 69.9 Å². The van der Waals surface area contributed by atoms with Crippen LogP contribution in [0.3, 0.4) is 0 Å². The van der Waals surface area contributed by atoms with Gasteiger partial charge in [-0.25, -0.2) is 0 Å². The molecule has 1 aliphatic heterocycles. The molecule has 5 heteroatoms. The van der Waals surface area contributed by atoms with Crippen molar-refractivity contribution in [2.75, 3.05) is 19.6 Å². The highest BCUT2D eigenvalue weighted by Gasteiger charge is 2.34. The highest BCUT2D eigenvalue weighted by Crippen LogP contribution is 2.38. The summed E-state index contributed by atoms with van der Waals surface area (Å²) in [4.78, 5) is 30.9.